The summed E-state index contributed by atoms with van der Waals surface area (Å²) in [6, 6.07) is 6.15. The third-order valence-electron chi connectivity index (χ3n) is 2.03. The van der Waals surface area contributed by atoms with Gasteiger partial charge in [0.05, 0.1) is 0 Å². The predicted octanol–water partition coefficient (Wildman–Crippen LogP) is 1.38. The number of nitrogens with one attached hydrogen (secondary N) is 1. The number of carbonyl (C=O) groups excluding carboxylic acids is 1. The van der Waals surface area contributed by atoms with Gasteiger partial charge in [0, 0.05) is 13.0 Å². The molecule has 0 atom stereocenters. The Bertz CT molecular complexity index is 296. The summed E-state index contributed by atoms with van der Waals surface area (Å²) in [7, 11) is 0. The Labute approximate surface area is 88.6 Å². The lowest BCUT2D eigenvalue weighted by Crippen LogP contribution is -2.28. The summed E-state index contributed by atoms with van der Waals surface area (Å²) in [4.78, 5) is 10.4. The van der Waals surface area contributed by atoms with Gasteiger partial charge >= 0.3 is 0 Å². The normalized spacial score (nSPS) is 14.8. The number of para-hydroxylation sites is 2. The van der Waals surface area contributed by atoms with Crippen molar-refractivity contribution in [3.8, 4) is 11.5 Å². The van der Waals surface area contributed by atoms with E-state index in [0.29, 0.717) is 0 Å². The molecule has 0 aliphatic carbocycles. The van der Waals surface area contributed by atoms with Gasteiger partial charge in [-0.05, 0) is 25.0 Å². The highest BCUT2D eigenvalue weighted by atomic mass is 16.3. The van der Waals surface area contributed by atoms with Crippen LogP contribution in [0.4, 0.5) is 0 Å². The number of phenols is 2. The molecule has 1 amide bonds. The van der Waals surface area contributed by atoms with Crippen LogP contribution in [-0.2, 0) is 4.79 Å². The Hall–Kier alpha value is -1.71. The third kappa shape index (κ3) is 4.35. The molecule has 1 aromatic rings. The Morgan fingerprint density at radius 1 is 1.07 bits per heavy atom. The fourth-order valence-electron chi connectivity index (χ4n) is 1.19. The zero-order valence-corrected chi connectivity index (χ0v) is 8.44. The zero-order chi connectivity index (χ0) is 11.1. The van der Waals surface area contributed by atoms with Gasteiger partial charge in [-0.15, -0.1) is 0 Å². The Morgan fingerprint density at radius 2 is 1.67 bits per heavy atom. The van der Waals surface area contributed by atoms with E-state index in [1.165, 1.54) is 12.1 Å². The molecule has 1 aromatic carbocycles. The van der Waals surface area contributed by atoms with E-state index in [4.69, 9.17) is 10.2 Å². The summed E-state index contributed by atoms with van der Waals surface area (Å²) in [5.41, 5.74) is 0. The lowest BCUT2D eigenvalue weighted by atomic mass is 10.2. The van der Waals surface area contributed by atoms with Crippen molar-refractivity contribution in [1.29, 1.82) is 0 Å². The molecule has 3 N–H and O–H groups in total. The summed E-state index contributed by atoms with van der Waals surface area (Å²) in [6.07, 6.45) is 2.97. The van der Waals surface area contributed by atoms with Gasteiger partial charge in [-0.3, -0.25) is 4.79 Å². The second-order valence-electron chi connectivity index (χ2n) is 3.30. The molecular formula is C11H15NO3. The maximum Gasteiger partial charge on any atom is 0.219 e. The number of amides is 1. The van der Waals surface area contributed by atoms with Crippen LogP contribution in [0.15, 0.2) is 24.3 Å². The van der Waals surface area contributed by atoms with Crippen molar-refractivity contribution in [2.75, 3.05) is 6.54 Å². The molecule has 82 valence electrons. The molecule has 1 heterocycles. The third-order valence-corrected chi connectivity index (χ3v) is 2.03. The first-order valence-corrected chi connectivity index (χ1v) is 4.94. The molecule has 0 unspecified atom stereocenters. The average molecular weight is 209 g/mol. The number of hydrogen-bond donors (Lipinski definition) is 3. The number of piperidine rings is 1. The van der Waals surface area contributed by atoms with Crippen molar-refractivity contribution >= 4 is 5.91 Å². The minimum absolute atomic E-state index is 0.0764. The van der Waals surface area contributed by atoms with Crippen molar-refractivity contribution in [2.45, 2.75) is 19.3 Å². The highest BCUT2D eigenvalue weighted by molar-refractivity contribution is 5.76. The summed E-state index contributed by atoms with van der Waals surface area (Å²) in [6.45, 7) is 0.888. The quantitative estimate of drug-likeness (QED) is 0.565. The number of rotatable bonds is 0. The number of hydrogen-bond acceptors (Lipinski definition) is 3. The lowest BCUT2D eigenvalue weighted by molar-refractivity contribution is -0.122. The largest absolute Gasteiger partial charge is 0.504 e. The maximum absolute atomic E-state index is 10.4. The molecule has 0 aromatic heterocycles. The number of carbonyl (C=O) groups is 1. The van der Waals surface area contributed by atoms with Crippen molar-refractivity contribution in [2.24, 2.45) is 0 Å². The van der Waals surface area contributed by atoms with Crippen LogP contribution in [0.1, 0.15) is 19.3 Å². The van der Waals surface area contributed by atoms with Crippen molar-refractivity contribution < 1.29 is 15.0 Å². The molecule has 1 aliphatic heterocycles. The Kier molecular flexibility index (Phi) is 4.47. The van der Waals surface area contributed by atoms with E-state index in [9.17, 15) is 4.79 Å². The van der Waals surface area contributed by atoms with Gasteiger partial charge in [0.2, 0.25) is 5.91 Å². The Morgan fingerprint density at radius 3 is 1.93 bits per heavy atom. The van der Waals surface area contributed by atoms with Gasteiger partial charge in [-0.2, -0.15) is 0 Å². The molecule has 0 saturated carbocycles. The summed E-state index contributed by atoms with van der Waals surface area (Å²) >= 11 is 0. The topological polar surface area (TPSA) is 69.6 Å². The second-order valence-corrected chi connectivity index (χ2v) is 3.30. The van der Waals surface area contributed by atoms with E-state index in [0.717, 1.165) is 25.8 Å². The monoisotopic (exact) mass is 209 g/mol. The van der Waals surface area contributed by atoms with Gasteiger partial charge < -0.3 is 15.5 Å². The standard InChI is InChI=1S/C6H6O2.C5H9NO/c7-5-3-1-2-4-6(5)8;7-5-3-1-2-4-6-5/h1-4,7-8H;1-4H2,(H,6,7). The van der Waals surface area contributed by atoms with Crippen LogP contribution >= 0.6 is 0 Å². The molecular weight excluding hydrogens is 194 g/mol. The smallest absolute Gasteiger partial charge is 0.219 e. The highest BCUT2D eigenvalue weighted by Crippen LogP contribution is 2.21. The zero-order valence-electron chi connectivity index (χ0n) is 8.44. The van der Waals surface area contributed by atoms with Crippen molar-refractivity contribution in [3.63, 3.8) is 0 Å². The minimum Gasteiger partial charge on any atom is -0.504 e. The number of phenolic OH excluding ortho intramolecular Hbond substituents is 2. The van der Waals surface area contributed by atoms with Crippen molar-refractivity contribution in [1.82, 2.24) is 5.32 Å². The van der Waals surface area contributed by atoms with Crippen LogP contribution in [0.3, 0.4) is 0 Å². The maximum atomic E-state index is 10.4. The molecule has 0 radical (unpaired) electrons. The molecule has 1 fully saturated rings. The number of aromatic hydroxyl groups is 2. The summed E-state index contributed by atoms with van der Waals surface area (Å²) in [5.74, 6) is 0.0613. The summed E-state index contributed by atoms with van der Waals surface area (Å²) in [5, 5.41) is 20.1. The van der Waals surface area contributed by atoms with Crippen LogP contribution in [0.25, 0.3) is 0 Å². The highest BCUT2D eigenvalue weighted by Gasteiger charge is 2.04. The minimum atomic E-state index is -0.0764. The molecule has 2 rings (SSSR count). The molecule has 1 aliphatic rings. The van der Waals surface area contributed by atoms with Gasteiger partial charge in [0.25, 0.3) is 0 Å². The number of benzene rings is 1. The van der Waals surface area contributed by atoms with Gasteiger partial charge in [0.1, 0.15) is 0 Å². The van der Waals surface area contributed by atoms with Crippen LogP contribution in [0, 0.1) is 0 Å². The molecule has 4 nitrogen and oxygen atoms in total. The lowest BCUT2D eigenvalue weighted by Gasteiger charge is -2.08. The van der Waals surface area contributed by atoms with E-state index in [2.05, 4.69) is 5.32 Å². The molecule has 1 saturated heterocycles. The molecule has 15 heavy (non-hydrogen) atoms. The first kappa shape index (κ1) is 11.4. The first-order valence-electron chi connectivity index (χ1n) is 4.94. The van der Waals surface area contributed by atoms with Crippen LogP contribution in [0.2, 0.25) is 0 Å². The second kappa shape index (κ2) is 5.90. The van der Waals surface area contributed by atoms with Crippen LogP contribution in [0.5, 0.6) is 11.5 Å². The predicted molar refractivity (Wildman–Crippen MR) is 56.6 cm³/mol. The van der Waals surface area contributed by atoms with Gasteiger partial charge in [-0.1, -0.05) is 12.1 Å². The average Bonchev–Trinajstić information content (AvgIpc) is 2.25. The van der Waals surface area contributed by atoms with Crippen molar-refractivity contribution in [3.05, 3.63) is 24.3 Å². The van der Waals surface area contributed by atoms with E-state index < -0.39 is 0 Å². The first-order chi connectivity index (χ1) is 7.20. The van der Waals surface area contributed by atoms with Crippen LogP contribution in [-0.4, -0.2) is 22.7 Å². The fraction of sp³-hybridized carbons (Fsp3) is 0.364. The van der Waals surface area contributed by atoms with Gasteiger partial charge in [0.15, 0.2) is 11.5 Å². The van der Waals surface area contributed by atoms with E-state index in [1.807, 2.05) is 0 Å². The fourth-order valence-corrected chi connectivity index (χ4v) is 1.19. The molecule has 0 bridgehead atoms. The summed E-state index contributed by atoms with van der Waals surface area (Å²) < 4.78 is 0. The molecule has 0 spiro atoms. The van der Waals surface area contributed by atoms with Crippen LogP contribution < -0.4 is 5.32 Å². The van der Waals surface area contributed by atoms with Gasteiger partial charge in [-0.25, -0.2) is 0 Å². The van der Waals surface area contributed by atoms with E-state index in [1.54, 1.807) is 12.1 Å². The SMILES string of the molecule is O=C1CCCCN1.Oc1ccccc1O. The van der Waals surface area contributed by atoms with E-state index in [-0.39, 0.29) is 17.4 Å². The molecule has 4 heteroatoms. The van der Waals surface area contributed by atoms with E-state index >= 15 is 0 Å². The Balaban J connectivity index is 0.000000151.